The zero-order chi connectivity index (χ0) is 23.3. The van der Waals surface area contributed by atoms with E-state index in [0.717, 1.165) is 18.2 Å². The first-order valence-electron chi connectivity index (χ1n) is 9.81. The number of halogens is 2. The lowest BCUT2D eigenvalue weighted by Crippen LogP contribution is -2.14. The van der Waals surface area contributed by atoms with Gasteiger partial charge in [-0.15, -0.1) is 0 Å². The monoisotopic (exact) mass is 459 g/mol. The molecule has 0 saturated heterocycles. The van der Waals surface area contributed by atoms with E-state index in [0.29, 0.717) is 11.3 Å². The van der Waals surface area contributed by atoms with Crippen LogP contribution >= 0.6 is 11.9 Å². The third-order valence-electron chi connectivity index (χ3n) is 4.47. The fourth-order valence-corrected chi connectivity index (χ4v) is 3.57. The minimum atomic E-state index is -0.967. The molecule has 0 amide bonds. The second-order valence-electron chi connectivity index (χ2n) is 6.81. The first-order valence-corrected chi connectivity index (χ1v) is 10.8. The SMILES string of the molecule is CCCSNc1ccc(F)c(C(=O)c2c[nH]c3ncnc(N/C(=C/NC)C(C)=N)c23)c1F. The van der Waals surface area contributed by atoms with Gasteiger partial charge in [0.25, 0.3) is 0 Å². The van der Waals surface area contributed by atoms with Gasteiger partial charge in [-0.2, -0.15) is 0 Å². The molecule has 11 heteroatoms. The average molecular weight is 460 g/mol. The Kier molecular flexibility index (Phi) is 7.41. The number of hydrogen-bond donors (Lipinski definition) is 5. The van der Waals surface area contributed by atoms with E-state index in [1.54, 1.807) is 20.2 Å². The summed E-state index contributed by atoms with van der Waals surface area (Å²) in [5.41, 5.74) is 0.300. The molecule has 3 rings (SSSR count). The van der Waals surface area contributed by atoms with Gasteiger partial charge >= 0.3 is 0 Å². The van der Waals surface area contributed by atoms with E-state index < -0.39 is 23.0 Å². The molecule has 1 aromatic carbocycles. The zero-order valence-electron chi connectivity index (χ0n) is 17.8. The quantitative estimate of drug-likeness (QED) is 0.132. The minimum Gasteiger partial charge on any atom is -0.392 e. The second kappa shape index (κ2) is 10.2. The van der Waals surface area contributed by atoms with Gasteiger partial charge in [-0.3, -0.25) is 4.79 Å². The molecule has 3 aromatic rings. The molecule has 0 fully saturated rings. The highest BCUT2D eigenvalue weighted by Gasteiger charge is 2.26. The van der Waals surface area contributed by atoms with Crippen LogP contribution in [0.4, 0.5) is 20.3 Å². The Balaban J connectivity index is 2.07. The summed E-state index contributed by atoms with van der Waals surface area (Å²) in [6.07, 6.45) is 5.06. The Bertz CT molecular complexity index is 1190. The number of carbonyl (C=O) groups is 1. The van der Waals surface area contributed by atoms with Crippen LogP contribution in [0.1, 0.15) is 36.2 Å². The highest BCUT2D eigenvalue weighted by atomic mass is 32.2. The van der Waals surface area contributed by atoms with Crippen LogP contribution in [0.5, 0.6) is 0 Å². The molecule has 8 nitrogen and oxygen atoms in total. The van der Waals surface area contributed by atoms with Gasteiger partial charge in [0.2, 0.25) is 5.78 Å². The maximum Gasteiger partial charge on any atom is 0.201 e. The van der Waals surface area contributed by atoms with Crippen LogP contribution in [0.2, 0.25) is 0 Å². The summed E-state index contributed by atoms with van der Waals surface area (Å²) in [4.78, 5) is 24.4. The summed E-state index contributed by atoms with van der Waals surface area (Å²) in [5, 5.41) is 14.0. The smallest absolute Gasteiger partial charge is 0.201 e. The third kappa shape index (κ3) is 4.72. The molecule has 168 valence electrons. The maximum atomic E-state index is 15.1. The Morgan fingerprint density at radius 3 is 2.78 bits per heavy atom. The number of aromatic amines is 1. The predicted molar refractivity (Wildman–Crippen MR) is 124 cm³/mol. The lowest BCUT2D eigenvalue weighted by molar-refractivity contribution is 0.103. The lowest BCUT2D eigenvalue weighted by atomic mass is 10.0. The summed E-state index contributed by atoms with van der Waals surface area (Å²) in [5.74, 6) is -1.83. The number of hydrogen-bond acceptors (Lipinski definition) is 8. The highest BCUT2D eigenvalue weighted by molar-refractivity contribution is 8.00. The molecule has 0 bridgehead atoms. The summed E-state index contributed by atoms with van der Waals surface area (Å²) in [6, 6.07) is 2.32. The third-order valence-corrected chi connectivity index (χ3v) is 5.44. The van der Waals surface area contributed by atoms with Gasteiger partial charge in [0.1, 0.15) is 23.6 Å². The van der Waals surface area contributed by atoms with Crippen molar-refractivity contribution in [1.29, 1.82) is 5.41 Å². The predicted octanol–water partition coefficient (Wildman–Crippen LogP) is 4.45. The van der Waals surface area contributed by atoms with E-state index in [-0.39, 0.29) is 28.2 Å². The molecule has 2 aromatic heterocycles. The van der Waals surface area contributed by atoms with Gasteiger partial charge in [-0.25, -0.2) is 18.7 Å². The van der Waals surface area contributed by atoms with E-state index in [1.807, 2.05) is 6.92 Å². The standard InChI is InChI=1S/C21H23F2N7OS/c1-4-7-32-30-14-6-5-13(22)17(18(14)23)19(31)12-8-26-20-16(12)21(28-10-27-20)29-15(9-25-3)11(2)24/h5-6,8-10,24-25,30H,4,7H2,1-3H3,(H2,26,27,28,29)/b15-9+,24-11?. The fraction of sp³-hybridized carbons (Fsp3) is 0.238. The Morgan fingerprint density at radius 2 is 2.09 bits per heavy atom. The lowest BCUT2D eigenvalue weighted by Gasteiger charge is -2.12. The molecular weight excluding hydrogens is 436 g/mol. The molecule has 32 heavy (non-hydrogen) atoms. The van der Waals surface area contributed by atoms with Crippen molar-refractivity contribution in [2.45, 2.75) is 20.3 Å². The largest absolute Gasteiger partial charge is 0.392 e. The summed E-state index contributed by atoms with van der Waals surface area (Å²) in [6.45, 7) is 3.56. The summed E-state index contributed by atoms with van der Waals surface area (Å²) in [7, 11) is 1.68. The van der Waals surface area contributed by atoms with E-state index in [2.05, 4.69) is 30.3 Å². The molecular formula is C21H23F2N7OS. The molecule has 0 atom stereocenters. The molecule has 0 unspecified atom stereocenters. The molecule has 0 aliphatic carbocycles. The van der Waals surface area contributed by atoms with Crippen LogP contribution < -0.4 is 15.4 Å². The molecule has 0 aliphatic heterocycles. The first kappa shape index (κ1) is 23.2. The van der Waals surface area contributed by atoms with Crippen LogP contribution in [0, 0.1) is 17.0 Å². The van der Waals surface area contributed by atoms with E-state index in [9.17, 15) is 9.18 Å². The van der Waals surface area contributed by atoms with E-state index in [1.165, 1.54) is 30.5 Å². The zero-order valence-corrected chi connectivity index (χ0v) is 18.6. The summed E-state index contributed by atoms with van der Waals surface area (Å²) < 4.78 is 32.5. The van der Waals surface area contributed by atoms with Crippen molar-refractivity contribution in [2.24, 2.45) is 0 Å². The number of ketones is 1. The number of nitrogens with zero attached hydrogens (tertiary/aromatic N) is 2. The van der Waals surface area contributed by atoms with Crippen molar-refractivity contribution in [3.05, 3.63) is 59.3 Å². The van der Waals surface area contributed by atoms with E-state index >= 15 is 4.39 Å². The average Bonchev–Trinajstić information content (AvgIpc) is 3.20. The van der Waals surface area contributed by atoms with Crippen LogP contribution in [-0.2, 0) is 0 Å². The molecule has 0 aliphatic rings. The van der Waals surface area contributed by atoms with Crippen molar-refractivity contribution in [2.75, 3.05) is 22.8 Å². The van der Waals surface area contributed by atoms with E-state index in [4.69, 9.17) is 5.41 Å². The van der Waals surface area contributed by atoms with Gasteiger partial charge in [0.05, 0.1) is 33.6 Å². The highest BCUT2D eigenvalue weighted by Crippen LogP contribution is 2.30. The van der Waals surface area contributed by atoms with Crippen LogP contribution in [0.3, 0.4) is 0 Å². The number of rotatable bonds is 10. The number of aromatic nitrogens is 3. The van der Waals surface area contributed by atoms with Crippen molar-refractivity contribution in [3.63, 3.8) is 0 Å². The molecule has 0 spiro atoms. The molecule has 2 heterocycles. The van der Waals surface area contributed by atoms with Gasteiger partial charge < -0.3 is 25.7 Å². The topological polar surface area (TPSA) is 119 Å². The van der Waals surface area contributed by atoms with Gasteiger partial charge in [0, 0.05) is 25.2 Å². The number of nitrogens with one attached hydrogen (secondary N) is 5. The van der Waals surface area contributed by atoms with Crippen molar-refractivity contribution in [3.8, 4) is 0 Å². The van der Waals surface area contributed by atoms with Crippen molar-refractivity contribution < 1.29 is 13.6 Å². The fourth-order valence-electron chi connectivity index (χ4n) is 2.95. The second-order valence-corrected chi connectivity index (χ2v) is 7.71. The number of anilines is 2. The maximum absolute atomic E-state index is 15.1. The Morgan fingerprint density at radius 1 is 1.31 bits per heavy atom. The number of allylic oxidation sites excluding steroid dienone is 1. The number of fused-ring (bicyclic) bond motifs is 1. The van der Waals surface area contributed by atoms with Crippen LogP contribution in [0.15, 0.2) is 36.6 Å². The Labute approximate surface area is 187 Å². The van der Waals surface area contributed by atoms with Gasteiger partial charge in [0.15, 0.2) is 5.82 Å². The number of carbonyl (C=O) groups excluding carboxylic acids is 1. The normalized spacial score (nSPS) is 11.5. The summed E-state index contributed by atoms with van der Waals surface area (Å²) >= 11 is 1.27. The number of H-pyrrole nitrogens is 1. The Hall–Kier alpha value is -3.47. The first-order chi connectivity index (χ1) is 15.4. The van der Waals surface area contributed by atoms with Crippen LogP contribution in [-0.4, -0.2) is 39.2 Å². The number of benzene rings is 1. The molecule has 0 saturated carbocycles. The minimum absolute atomic E-state index is 0.00528. The van der Waals surface area contributed by atoms with Crippen molar-refractivity contribution >= 4 is 46.0 Å². The molecule has 0 radical (unpaired) electrons. The van der Waals surface area contributed by atoms with Gasteiger partial charge in [-0.1, -0.05) is 18.9 Å². The van der Waals surface area contributed by atoms with Crippen molar-refractivity contribution in [1.82, 2.24) is 20.3 Å². The molecule has 5 N–H and O–H groups in total. The van der Waals surface area contributed by atoms with Crippen LogP contribution in [0.25, 0.3) is 11.0 Å². The van der Waals surface area contributed by atoms with Gasteiger partial charge in [-0.05, 0) is 25.5 Å².